The Hall–Kier alpha value is -2.65. The Balaban J connectivity index is 1.40. The number of thiazole rings is 1. The van der Waals surface area contributed by atoms with Gasteiger partial charge in [0.25, 0.3) is 5.91 Å². The molecule has 3 aromatic rings. The van der Waals surface area contributed by atoms with Crippen LogP contribution in [0.4, 0.5) is 5.13 Å². The fourth-order valence-corrected chi connectivity index (χ4v) is 4.83. The number of nitrogens with zero attached hydrogens (tertiary/aromatic N) is 3. The molecule has 0 saturated carbocycles. The lowest BCUT2D eigenvalue weighted by Gasteiger charge is -2.31. The predicted molar refractivity (Wildman–Crippen MR) is 112 cm³/mol. The number of H-pyrrole nitrogens is 1. The molecule has 3 heterocycles. The smallest absolute Gasteiger partial charge is 0.337 e. The number of imidazole rings is 1. The molecule has 0 aliphatic carbocycles. The average Bonchev–Trinajstić information content (AvgIpc) is 3.31. The van der Waals surface area contributed by atoms with E-state index in [1.54, 1.807) is 12.1 Å². The molecule has 8 nitrogen and oxygen atoms in total. The molecule has 0 spiro atoms. The molecule has 1 fully saturated rings. The summed E-state index contributed by atoms with van der Waals surface area (Å²) in [6.45, 7) is 3.40. The fourth-order valence-electron chi connectivity index (χ4n) is 3.44. The molecular weight excluding hydrogens is 414 g/mol. The molecule has 2 aromatic heterocycles. The second-order valence-electron chi connectivity index (χ2n) is 6.90. The molecule has 152 valence electrons. The van der Waals surface area contributed by atoms with Gasteiger partial charge in [-0.05, 0) is 31.4 Å². The molecule has 0 unspecified atom stereocenters. The van der Waals surface area contributed by atoms with E-state index in [9.17, 15) is 14.7 Å². The van der Waals surface area contributed by atoms with Crippen LogP contribution in [0.15, 0.2) is 18.2 Å². The van der Waals surface area contributed by atoms with Crippen molar-refractivity contribution >= 4 is 50.2 Å². The molecule has 1 aromatic carbocycles. The number of rotatable bonds is 5. The Morgan fingerprint density at radius 2 is 2.10 bits per heavy atom. The molecule has 1 amide bonds. The molecule has 0 bridgehead atoms. The van der Waals surface area contributed by atoms with Crippen LogP contribution in [0.5, 0.6) is 0 Å². The minimum Gasteiger partial charge on any atom is -0.478 e. The molecule has 0 atom stereocenters. The van der Waals surface area contributed by atoms with E-state index < -0.39 is 5.97 Å². The molecule has 0 radical (unpaired) electrons. The standard InChI is InChI=1S/C19H20ClN5O3S/c1-2-12-15(20)24-16(22-12)17(26)21-10-6-8-25(9-7-10)19-23-13-5-3-4-11(18(27)28)14(13)29-19/h3-5,10H,2,6-9H2,1H3,(H,21,26)(H,22,24)(H,27,28). The van der Waals surface area contributed by atoms with Crippen molar-refractivity contribution in [3.05, 3.63) is 40.4 Å². The Bertz CT molecular complexity index is 1070. The number of aromatic carboxylic acids is 1. The van der Waals surface area contributed by atoms with Crippen LogP contribution in [-0.2, 0) is 6.42 Å². The van der Waals surface area contributed by atoms with Gasteiger partial charge in [0.1, 0.15) is 0 Å². The SMILES string of the molecule is CCc1[nH]c(C(=O)NC2CCN(c3nc4cccc(C(=O)O)c4s3)CC2)nc1Cl. The molecule has 1 aliphatic heterocycles. The van der Waals surface area contributed by atoms with E-state index in [1.165, 1.54) is 11.3 Å². The number of fused-ring (bicyclic) bond motifs is 1. The van der Waals surface area contributed by atoms with Crippen LogP contribution in [0.2, 0.25) is 5.15 Å². The predicted octanol–water partition coefficient (Wildman–Crippen LogP) is 3.33. The van der Waals surface area contributed by atoms with Gasteiger partial charge in [0.05, 0.1) is 21.5 Å². The van der Waals surface area contributed by atoms with Crippen LogP contribution < -0.4 is 10.2 Å². The number of nitrogens with one attached hydrogen (secondary N) is 2. The van der Waals surface area contributed by atoms with Crippen molar-refractivity contribution < 1.29 is 14.7 Å². The zero-order valence-electron chi connectivity index (χ0n) is 15.7. The van der Waals surface area contributed by atoms with Crippen molar-refractivity contribution in [2.24, 2.45) is 0 Å². The van der Waals surface area contributed by atoms with E-state index in [1.807, 2.05) is 13.0 Å². The summed E-state index contributed by atoms with van der Waals surface area (Å²) in [6, 6.07) is 5.17. The van der Waals surface area contributed by atoms with Crippen molar-refractivity contribution in [2.75, 3.05) is 18.0 Å². The largest absolute Gasteiger partial charge is 0.478 e. The van der Waals surface area contributed by atoms with E-state index >= 15 is 0 Å². The van der Waals surface area contributed by atoms with Gasteiger partial charge in [-0.1, -0.05) is 35.9 Å². The van der Waals surface area contributed by atoms with E-state index in [0.29, 0.717) is 21.8 Å². The lowest BCUT2D eigenvalue weighted by Crippen LogP contribution is -2.45. The first-order valence-electron chi connectivity index (χ1n) is 9.39. The minimum atomic E-state index is -0.948. The minimum absolute atomic E-state index is 0.0386. The first-order chi connectivity index (χ1) is 14.0. The highest BCUT2D eigenvalue weighted by Gasteiger charge is 2.25. The van der Waals surface area contributed by atoms with Gasteiger partial charge in [0.2, 0.25) is 0 Å². The van der Waals surface area contributed by atoms with Crippen molar-refractivity contribution in [1.82, 2.24) is 20.3 Å². The molecule has 1 aliphatic rings. The van der Waals surface area contributed by atoms with Gasteiger partial charge in [-0.15, -0.1) is 0 Å². The number of benzene rings is 1. The van der Waals surface area contributed by atoms with Gasteiger partial charge in [-0.25, -0.2) is 14.8 Å². The summed E-state index contributed by atoms with van der Waals surface area (Å²) in [5.41, 5.74) is 1.72. The molecule has 4 rings (SSSR count). The van der Waals surface area contributed by atoms with Crippen LogP contribution >= 0.6 is 22.9 Å². The van der Waals surface area contributed by atoms with Crippen LogP contribution in [-0.4, -0.2) is 51.1 Å². The monoisotopic (exact) mass is 433 g/mol. The van der Waals surface area contributed by atoms with E-state index in [2.05, 4.69) is 25.2 Å². The Labute approximate surface area is 175 Å². The lowest BCUT2D eigenvalue weighted by atomic mass is 10.1. The number of halogens is 1. The summed E-state index contributed by atoms with van der Waals surface area (Å²) < 4.78 is 0.687. The Morgan fingerprint density at radius 3 is 2.76 bits per heavy atom. The summed E-state index contributed by atoms with van der Waals surface area (Å²) in [5.74, 6) is -0.964. The number of aromatic nitrogens is 3. The van der Waals surface area contributed by atoms with Gasteiger partial charge in [-0.2, -0.15) is 0 Å². The van der Waals surface area contributed by atoms with Crippen LogP contribution in [0.1, 0.15) is 46.4 Å². The van der Waals surface area contributed by atoms with Gasteiger partial charge < -0.3 is 20.3 Å². The van der Waals surface area contributed by atoms with Gasteiger partial charge >= 0.3 is 5.97 Å². The van der Waals surface area contributed by atoms with Crippen molar-refractivity contribution in [3.63, 3.8) is 0 Å². The quantitative estimate of drug-likeness (QED) is 0.569. The first-order valence-corrected chi connectivity index (χ1v) is 10.6. The maximum atomic E-state index is 12.4. The second kappa shape index (κ2) is 8.00. The number of carboxylic acid groups (broad SMARTS) is 1. The number of carboxylic acids is 1. The second-order valence-corrected chi connectivity index (χ2v) is 8.23. The summed E-state index contributed by atoms with van der Waals surface area (Å²) >= 11 is 7.41. The van der Waals surface area contributed by atoms with Crippen LogP contribution in [0.25, 0.3) is 10.2 Å². The highest BCUT2D eigenvalue weighted by Crippen LogP contribution is 2.32. The zero-order valence-corrected chi connectivity index (χ0v) is 17.3. The third kappa shape index (κ3) is 3.92. The van der Waals surface area contributed by atoms with E-state index in [-0.39, 0.29) is 23.3 Å². The van der Waals surface area contributed by atoms with Gasteiger partial charge in [0.15, 0.2) is 16.1 Å². The first kappa shape index (κ1) is 19.7. The molecule has 29 heavy (non-hydrogen) atoms. The number of anilines is 1. The number of amides is 1. The van der Waals surface area contributed by atoms with Crippen LogP contribution in [0, 0.1) is 0 Å². The lowest BCUT2D eigenvalue weighted by molar-refractivity contribution is 0.0699. The number of piperidine rings is 1. The molecular formula is C19H20ClN5O3S. The van der Waals surface area contributed by atoms with E-state index in [4.69, 9.17) is 11.6 Å². The highest BCUT2D eigenvalue weighted by atomic mass is 35.5. The third-order valence-corrected chi connectivity index (χ3v) is 6.51. The van der Waals surface area contributed by atoms with Gasteiger partial charge in [0, 0.05) is 19.1 Å². The van der Waals surface area contributed by atoms with Gasteiger partial charge in [-0.3, -0.25) is 4.79 Å². The number of aromatic amines is 1. The number of carbonyl (C=O) groups is 2. The number of hydrogen-bond donors (Lipinski definition) is 3. The molecule has 1 saturated heterocycles. The van der Waals surface area contributed by atoms with Crippen molar-refractivity contribution in [1.29, 1.82) is 0 Å². The number of hydrogen-bond acceptors (Lipinski definition) is 6. The number of aryl methyl sites for hydroxylation is 1. The average molecular weight is 434 g/mol. The molecule has 3 N–H and O–H groups in total. The summed E-state index contributed by atoms with van der Waals surface area (Å²) in [4.78, 5) is 37.6. The maximum Gasteiger partial charge on any atom is 0.337 e. The third-order valence-electron chi connectivity index (χ3n) is 5.03. The van der Waals surface area contributed by atoms with Crippen molar-refractivity contribution in [2.45, 2.75) is 32.2 Å². The Kier molecular flexibility index (Phi) is 5.42. The van der Waals surface area contributed by atoms with Crippen LogP contribution in [0.3, 0.4) is 0 Å². The summed E-state index contributed by atoms with van der Waals surface area (Å²) in [6.07, 6.45) is 2.22. The molecule has 10 heteroatoms. The van der Waals surface area contributed by atoms with E-state index in [0.717, 1.165) is 36.8 Å². The normalized spacial score (nSPS) is 15.0. The topological polar surface area (TPSA) is 111 Å². The zero-order chi connectivity index (χ0) is 20.5. The number of carbonyl (C=O) groups excluding carboxylic acids is 1. The van der Waals surface area contributed by atoms with Crippen molar-refractivity contribution in [3.8, 4) is 0 Å². The Morgan fingerprint density at radius 1 is 1.34 bits per heavy atom. The highest BCUT2D eigenvalue weighted by molar-refractivity contribution is 7.22. The fraction of sp³-hybridized carbons (Fsp3) is 0.368. The summed E-state index contributed by atoms with van der Waals surface area (Å²) in [5, 5.41) is 13.5. The maximum absolute atomic E-state index is 12.4. The summed E-state index contributed by atoms with van der Waals surface area (Å²) in [7, 11) is 0.